The molecule has 158 valence electrons. The van der Waals surface area contributed by atoms with E-state index in [-0.39, 0.29) is 26.6 Å². The van der Waals surface area contributed by atoms with Crippen LogP contribution in [0, 0.1) is 0 Å². The Hall–Kier alpha value is -2.69. The van der Waals surface area contributed by atoms with Crippen LogP contribution in [-0.4, -0.2) is 16.8 Å². The lowest BCUT2D eigenvalue weighted by Gasteiger charge is -2.20. The standard InChI is InChI=1S/C18H17N2O7PS2/c19-29(22,23)17-10-6-14(7-11-17)26-28(21,16-4-2-1-3-5-16)27-15-8-12-18(13-9-15)30(20,24)25/h1-13H,(H2,19,22,23)(H2,20,24,25). The summed E-state index contributed by atoms with van der Waals surface area (Å²) in [5, 5.41) is 10.4. The zero-order valence-electron chi connectivity index (χ0n) is 15.3. The van der Waals surface area contributed by atoms with Crippen LogP contribution in [0.1, 0.15) is 0 Å². The van der Waals surface area contributed by atoms with Crippen LogP contribution in [0.15, 0.2) is 88.7 Å². The van der Waals surface area contributed by atoms with Crippen molar-refractivity contribution in [2.75, 3.05) is 0 Å². The second-order valence-corrected chi connectivity index (χ2v) is 11.0. The van der Waals surface area contributed by atoms with Crippen LogP contribution < -0.4 is 24.6 Å². The fourth-order valence-corrected chi connectivity index (χ4v) is 5.01. The molecule has 0 saturated heterocycles. The minimum Gasteiger partial charge on any atom is -0.413 e. The van der Waals surface area contributed by atoms with E-state index >= 15 is 0 Å². The molecule has 0 fully saturated rings. The Morgan fingerprint density at radius 1 is 0.600 bits per heavy atom. The quantitative estimate of drug-likeness (QED) is 0.502. The van der Waals surface area contributed by atoms with E-state index in [1.165, 1.54) is 60.7 Å². The van der Waals surface area contributed by atoms with Gasteiger partial charge in [-0.25, -0.2) is 31.7 Å². The Balaban J connectivity index is 1.95. The van der Waals surface area contributed by atoms with Gasteiger partial charge in [-0.15, -0.1) is 0 Å². The highest BCUT2D eigenvalue weighted by Gasteiger charge is 2.31. The van der Waals surface area contributed by atoms with Crippen molar-refractivity contribution < 1.29 is 30.4 Å². The minimum absolute atomic E-state index is 0.0794. The third kappa shape index (κ3) is 5.26. The third-order valence-electron chi connectivity index (χ3n) is 3.83. The molecule has 0 heterocycles. The van der Waals surface area contributed by atoms with Gasteiger partial charge in [-0.2, -0.15) is 0 Å². The van der Waals surface area contributed by atoms with Crippen LogP contribution in [0.5, 0.6) is 11.5 Å². The van der Waals surface area contributed by atoms with Gasteiger partial charge >= 0.3 is 7.60 Å². The first kappa shape index (κ1) is 22.0. The van der Waals surface area contributed by atoms with Gasteiger partial charge in [-0.1, -0.05) is 18.2 Å². The molecule has 12 heteroatoms. The zero-order valence-corrected chi connectivity index (χ0v) is 17.8. The molecule has 0 atom stereocenters. The number of sulfonamides is 2. The highest BCUT2D eigenvalue weighted by molar-refractivity contribution is 7.89. The fraction of sp³-hybridized carbons (Fsp3) is 0. The Labute approximate surface area is 173 Å². The predicted molar refractivity (Wildman–Crippen MR) is 111 cm³/mol. The maximum atomic E-state index is 13.6. The van der Waals surface area contributed by atoms with Crippen LogP contribution in [-0.2, 0) is 24.6 Å². The molecule has 0 saturated carbocycles. The van der Waals surface area contributed by atoms with Gasteiger partial charge in [-0.3, -0.25) is 0 Å². The molecule has 0 aromatic heterocycles. The van der Waals surface area contributed by atoms with Crippen molar-refractivity contribution in [3.63, 3.8) is 0 Å². The Morgan fingerprint density at radius 2 is 0.967 bits per heavy atom. The van der Waals surface area contributed by atoms with Gasteiger partial charge in [0.15, 0.2) is 0 Å². The molecule has 0 radical (unpaired) electrons. The average Bonchev–Trinajstić information content (AvgIpc) is 2.68. The lowest BCUT2D eigenvalue weighted by molar-refractivity contribution is 0.399. The van der Waals surface area contributed by atoms with Crippen molar-refractivity contribution in [2.45, 2.75) is 9.79 Å². The van der Waals surface area contributed by atoms with Gasteiger partial charge in [0.25, 0.3) is 0 Å². The second kappa shape index (κ2) is 8.21. The van der Waals surface area contributed by atoms with Gasteiger partial charge < -0.3 is 9.05 Å². The maximum Gasteiger partial charge on any atom is 0.462 e. The van der Waals surface area contributed by atoms with E-state index in [4.69, 9.17) is 19.3 Å². The van der Waals surface area contributed by atoms with Crippen LogP contribution in [0.2, 0.25) is 0 Å². The third-order valence-corrected chi connectivity index (χ3v) is 7.52. The van der Waals surface area contributed by atoms with Gasteiger partial charge in [-0.05, 0) is 60.7 Å². The van der Waals surface area contributed by atoms with Crippen LogP contribution in [0.3, 0.4) is 0 Å². The van der Waals surface area contributed by atoms with E-state index < -0.39 is 27.6 Å². The summed E-state index contributed by atoms with van der Waals surface area (Å²) in [4.78, 5) is -0.271. The van der Waals surface area contributed by atoms with E-state index in [2.05, 4.69) is 0 Å². The Morgan fingerprint density at radius 3 is 1.30 bits per heavy atom. The lowest BCUT2D eigenvalue weighted by Crippen LogP contribution is -2.15. The molecule has 3 aromatic carbocycles. The zero-order chi connectivity index (χ0) is 22.0. The maximum absolute atomic E-state index is 13.6. The van der Waals surface area contributed by atoms with Crippen LogP contribution in [0.25, 0.3) is 0 Å². The van der Waals surface area contributed by atoms with Crippen molar-refractivity contribution in [1.82, 2.24) is 0 Å². The molecule has 0 aliphatic rings. The molecule has 4 N–H and O–H groups in total. The average molecular weight is 468 g/mol. The molecule has 3 rings (SSSR count). The molecule has 0 spiro atoms. The minimum atomic E-state index is -3.99. The lowest BCUT2D eigenvalue weighted by atomic mass is 10.3. The van der Waals surface area contributed by atoms with E-state index in [1.807, 2.05) is 0 Å². The molecule has 0 amide bonds. The van der Waals surface area contributed by atoms with Gasteiger partial charge in [0, 0.05) is 0 Å². The van der Waals surface area contributed by atoms with E-state index in [0.717, 1.165) is 0 Å². The number of nitrogens with two attached hydrogens (primary N) is 2. The molecule has 0 aliphatic heterocycles. The Kier molecular flexibility index (Phi) is 6.02. The van der Waals surface area contributed by atoms with Gasteiger partial charge in [0.1, 0.15) is 11.5 Å². The van der Waals surface area contributed by atoms with E-state index in [9.17, 15) is 21.4 Å². The molecular formula is C18H17N2O7PS2. The first-order valence-electron chi connectivity index (χ1n) is 8.28. The second-order valence-electron chi connectivity index (χ2n) is 6.05. The highest BCUT2D eigenvalue weighted by Crippen LogP contribution is 2.47. The summed E-state index contributed by atoms with van der Waals surface area (Å²) >= 11 is 0. The molecular weight excluding hydrogens is 451 g/mol. The van der Waals surface area contributed by atoms with Crippen molar-refractivity contribution in [2.24, 2.45) is 10.3 Å². The summed E-state index contributed by atoms with van der Waals surface area (Å²) in [6.07, 6.45) is 0. The monoisotopic (exact) mass is 468 g/mol. The molecule has 3 aromatic rings. The predicted octanol–water partition coefficient (Wildman–Crippen LogP) is 1.96. The fourth-order valence-electron chi connectivity index (χ4n) is 2.39. The first-order valence-corrected chi connectivity index (χ1v) is 12.9. The molecule has 0 unspecified atom stereocenters. The summed E-state index contributed by atoms with van der Waals surface area (Å²) in [6.45, 7) is 0. The summed E-state index contributed by atoms with van der Waals surface area (Å²) < 4.78 is 70.4. The van der Waals surface area contributed by atoms with Crippen LogP contribution in [0.4, 0.5) is 0 Å². The van der Waals surface area contributed by atoms with Crippen LogP contribution >= 0.6 is 7.60 Å². The molecule has 30 heavy (non-hydrogen) atoms. The topological polar surface area (TPSA) is 156 Å². The number of primary sulfonamides is 2. The van der Waals surface area contributed by atoms with E-state index in [0.29, 0.717) is 0 Å². The SMILES string of the molecule is NS(=O)(=O)c1ccc(OP(=O)(Oc2ccc(S(N)(=O)=O)cc2)c2ccccc2)cc1. The molecule has 9 nitrogen and oxygen atoms in total. The first-order chi connectivity index (χ1) is 14.0. The number of benzene rings is 3. The Bertz CT molecular complexity index is 1210. The summed E-state index contributed by atoms with van der Waals surface area (Å²) in [5.74, 6) is 0.159. The summed E-state index contributed by atoms with van der Waals surface area (Å²) in [6, 6.07) is 18.1. The van der Waals surface area contributed by atoms with Crippen molar-refractivity contribution in [3.8, 4) is 11.5 Å². The smallest absolute Gasteiger partial charge is 0.413 e. The highest BCUT2D eigenvalue weighted by atomic mass is 32.2. The van der Waals surface area contributed by atoms with Gasteiger partial charge in [0.2, 0.25) is 20.0 Å². The summed E-state index contributed by atoms with van der Waals surface area (Å²) in [5.41, 5.74) is 0. The molecule has 0 bridgehead atoms. The van der Waals surface area contributed by atoms with Gasteiger partial charge in [0.05, 0.1) is 15.1 Å². The summed E-state index contributed by atoms with van der Waals surface area (Å²) in [7, 11) is -11.8. The van der Waals surface area contributed by atoms with Crippen molar-refractivity contribution in [3.05, 3.63) is 78.9 Å². The van der Waals surface area contributed by atoms with Crippen molar-refractivity contribution in [1.29, 1.82) is 0 Å². The number of rotatable bonds is 7. The number of hydrogen-bond donors (Lipinski definition) is 2. The molecule has 0 aliphatic carbocycles. The normalized spacial score (nSPS) is 12.3. The van der Waals surface area contributed by atoms with E-state index in [1.54, 1.807) is 18.2 Å². The van der Waals surface area contributed by atoms with Crippen molar-refractivity contribution >= 4 is 32.9 Å². The largest absolute Gasteiger partial charge is 0.462 e. The number of hydrogen-bond acceptors (Lipinski definition) is 7.